The van der Waals surface area contributed by atoms with Gasteiger partial charge in [-0.05, 0) is 19.8 Å². The lowest BCUT2D eigenvalue weighted by atomic mass is 9.97. The van der Waals surface area contributed by atoms with Crippen molar-refractivity contribution in [2.75, 3.05) is 10.7 Å². The van der Waals surface area contributed by atoms with Crippen LogP contribution in [0.15, 0.2) is 6.07 Å². The molecule has 0 radical (unpaired) electrons. The van der Waals surface area contributed by atoms with Gasteiger partial charge in [0.25, 0.3) is 0 Å². The van der Waals surface area contributed by atoms with E-state index in [0.717, 1.165) is 11.6 Å². The summed E-state index contributed by atoms with van der Waals surface area (Å²) >= 11 is 0. The van der Waals surface area contributed by atoms with Crippen molar-refractivity contribution in [2.24, 2.45) is 5.84 Å². The first-order valence-electron chi connectivity index (χ1n) is 6.87. The van der Waals surface area contributed by atoms with Gasteiger partial charge < -0.3 is 10.7 Å². The van der Waals surface area contributed by atoms with Crippen LogP contribution in [-0.2, 0) is 0 Å². The Balaban J connectivity index is 2.00. The molecule has 0 aliphatic heterocycles. The zero-order valence-electron chi connectivity index (χ0n) is 11.1. The fourth-order valence-electron chi connectivity index (χ4n) is 2.53. The predicted octanol–water partition coefficient (Wildman–Crippen LogP) is 2.60. The predicted molar refractivity (Wildman–Crippen MR) is 74.3 cm³/mol. The fraction of sp³-hybridized carbons (Fsp3) is 0.692. The Labute approximate surface area is 109 Å². The summed E-state index contributed by atoms with van der Waals surface area (Å²) in [7, 11) is 0. The van der Waals surface area contributed by atoms with Crippen LogP contribution in [0.1, 0.15) is 50.8 Å². The van der Waals surface area contributed by atoms with Gasteiger partial charge in [-0.2, -0.15) is 0 Å². The van der Waals surface area contributed by atoms with Crippen molar-refractivity contribution in [1.29, 1.82) is 0 Å². The van der Waals surface area contributed by atoms with Crippen LogP contribution in [0.5, 0.6) is 0 Å². The Morgan fingerprint density at radius 2 is 1.67 bits per heavy atom. The zero-order valence-corrected chi connectivity index (χ0v) is 11.1. The molecule has 100 valence electrons. The molecule has 5 nitrogen and oxygen atoms in total. The van der Waals surface area contributed by atoms with Gasteiger partial charge in [0.15, 0.2) is 0 Å². The molecule has 0 unspecified atom stereocenters. The second-order valence-corrected chi connectivity index (χ2v) is 5.02. The van der Waals surface area contributed by atoms with Crippen molar-refractivity contribution in [2.45, 2.75) is 57.9 Å². The van der Waals surface area contributed by atoms with Gasteiger partial charge in [0, 0.05) is 12.1 Å². The maximum absolute atomic E-state index is 5.40. The normalized spacial score (nSPS) is 17.9. The van der Waals surface area contributed by atoms with Crippen molar-refractivity contribution in [3.8, 4) is 0 Å². The van der Waals surface area contributed by atoms with E-state index in [2.05, 4.69) is 20.7 Å². The first-order chi connectivity index (χ1) is 8.78. The van der Waals surface area contributed by atoms with E-state index >= 15 is 0 Å². The fourth-order valence-corrected chi connectivity index (χ4v) is 2.53. The lowest BCUT2D eigenvalue weighted by molar-refractivity contribution is 0.470. The Kier molecular flexibility index (Phi) is 4.75. The van der Waals surface area contributed by atoms with Gasteiger partial charge in [-0.3, -0.25) is 0 Å². The Hall–Kier alpha value is -1.36. The lowest BCUT2D eigenvalue weighted by Gasteiger charge is -2.21. The molecule has 0 atom stereocenters. The minimum absolute atomic E-state index is 0.533. The number of hydrogen-bond acceptors (Lipinski definition) is 5. The number of hydrazine groups is 1. The number of nitrogens with two attached hydrogens (primary N) is 1. The summed E-state index contributed by atoms with van der Waals surface area (Å²) in [6, 6.07) is 2.40. The molecule has 5 heteroatoms. The molecule has 0 saturated heterocycles. The maximum atomic E-state index is 5.40. The number of hydrogen-bond donors (Lipinski definition) is 3. The molecule has 0 aromatic carbocycles. The molecule has 18 heavy (non-hydrogen) atoms. The third-order valence-corrected chi connectivity index (χ3v) is 3.44. The van der Waals surface area contributed by atoms with Gasteiger partial charge in [0.05, 0.1) is 0 Å². The van der Waals surface area contributed by atoms with Crippen molar-refractivity contribution in [1.82, 2.24) is 9.97 Å². The third-order valence-electron chi connectivity index (χ3n) is 3.44. The van der Waals surface area contributed by atoms with Crippen LogP contribution in [0.4, 0.5) is 11.6 Å². The van der Waals surface area contributed by atoms with Crippen LogP contribution in [0, 0.1) is 6.92 Å². The molecule has 0 bridgehead atoms. The first-order valence-corrected chi connectivity index (χ1v) is 6.87. The van der Waals surface area contributed by atoms with Crippen molar-refractivity contribution >= 4 is 11.6 Å². The van der Waals surface area contributed by atoms with Crippen LogP contribution in [0.2, 0.25) is 0 Å². The van der Waals surface area contributed by atoms with Gasteiger partial charge in [-0.25, -0.2) is 15.8 Å². The summed E-state index contributed by atoms with van der Waals surface area (Å²) in [6.07, 6.45) is 9.18. The van der Waals surface area contributed by atoms with E-state index < -0.39 is 0 Å². The molecule has 1 saturated carbocycles. The highest BCUT2D eigenvalue weighted by Crippen LogP contribution is 2.20. The van der Waals surface area contributed by atoms with Gasteiger partial charge in [0.2, 0.25) is 0 Å². The minimum atomic E-state index is 0.533. The molecule has 0 amide bonds. The van der Waals surface area contributed by atoms with E-state index in [1.54, 1.807) is 0 Å². The summed E-state index contributed by atoms with van der Waals surface area (Å²) in [5.41, 5.74) is 2.58. The summed E-state index contributed by atoms with van der Waals surface area (Å²) in [5.74, 6) is 7.67. The van der Waals surface area contributed by atoms with Gasteiger partial charge in [0.1, 0.15) is 17.5 Å². The summed E-state index contributed by atoms with van der Waals surface area (Å²) in [4.78, 5) is 8.60. The van der Waals surface area contributed by atoms with Crippen LogP contribution in [0.25, 0.3) is 0 Å². The number of anilines is 2. The van der Waals surface area contributed by atoms with Gasteiger partial charge in [-0.15, -0.1) is 0 Å². The highest BCUT2D eigenvalue weighted by molar-refractivity contribution is 5.47. The van der Waals surface area contributed by atoms with Crippen LogP contribution in [-0.4, -0.2) is 16.0 Å². The van der Waals surface area contributed by atoms with Crippen molar-refractivity contribution in [3.05, 3.63) is 11.9 Å². The summed E-state index contributed by atoms with van der Waals surface area (Å²) in [6.45, 7) is 1.88. The highest BCUT2D eigenvalue weighted by atomic mass is 15.3. The number of nitrogen functional groups attached to an aromatic ring is 1. The highest BCUT2D eigenvalue weighted by Gasteiger charge is 2.12. The quantitative estimate of drug-likeness (QED) is 0.567. The zero-order chi connectivity index (χ0) is 12.8. The monoisotopic (exact) mass is 249 g/mol. The summed E-state index contributed by atoms with van der Waals surface area (Å²) < 4.78 is 0. The average Bonchev–Trinajstić information content (AvgIpc) is 2.31. The average molecular weight is 249 g/mol. The third kappa shape index (κ3) is 3.84. The SMILES string of the molecule is Cc1nc(NN)cc(NC2CCCCCCC2)n1. The largest absolute Gasteiger partial charge is 0.367 e. The van der Waals surface area contributed by atoms with Crippen LogP contribution >= 0.6 is 0 Å². The Morgan fingerprint density at radius 3 is 2.33 bits per heavy atom. The molecule has 1 heterocycles. The number of aryl methyl sites for hydroxylation is 1. The number of aromatic nitrogens is 2. The van der Waals surface area contributed by atoms with Gasteiger partial charge in [-0.1, -0.05) is 32.1 Å². The molecule has 1 aliphatic rings. The molecular weight excluding hydrogens is 226 g/mol. The Morgan fingerprint density at radius 1 is 1.06 bits per heavy atom. The summed E-state index contributed by atoms with van der Waals surface area (Å²) in [5, 5.41) is 3.52. The van der Waals surface area contributed by atoms with E-state index in [-0.39, 0.29) is 0 Å². The smallest absolute Gasteiger partial charge is 0.145 e. The second kappa shape index (κ2) is 6.54. The first kappa shape index (κ1) is 13.1. The van der Waals surface area contributed by atoms with E-state index in [1.165, 1.54) is 44.9 Å². The number of nitrogens with one attached hydrogen (secondary N) is 2. The topological polar surface area (TPSA) is 75.9 Å². The second-order valence-electron chi connectivity index (χ2n) is 5.02. The van der Waals surface area contributed by atoms with Crippen molar-refractivity contribution in [3.63, 3.8) is 0 Å². The van der Waals surface area contributed by atoms with E-state index in [9.17, 15) is 0 Å². The molecular formula is C13H23N5. The van der Waals surface area contributed by atoms with E-state index in [4.69, 9.17) is 5.84 Å². The molecule has 0 spiro atoms. The van der Waals surface area contributed by atoms with Gasteiger partial charge >= 0.3 is 0 Å². The maximum Gasteiger partial charge on any atom is 0.145 e. The molecule has 2 rings (SSSR count). The molecule has 4 N–H and O–H groups in total. The van der Waals surface area contributed by atoms with Crippen molar-refractivity contribution < 1.29 is 0 Å². The molecule has 1 aliphatic carbocycles. The molecule has 1 fully saturated rings. The van der Waals surface area contributed by atoms with Crippen LogP contribution in [0.3, 0.4) is 0 Å². The lowest BCUT2D eigenvalue weighted by Crippen LogP contribution is -2.22. The van der Waals surface area contributed by atoms with E-state index in [1.807, 2.05) is 13.0 Å². The standard InChI is InChI=1S/C13H23N5/c1-10-15-12(9-13(16-10)18-14)17-11-7-5-3-2-4-6-8-11/h9,11H,2-8,14H2,1H3,(H2,15,16,17,18). The number of rotatable bonds is 3. The van der Waals surface area contributed by atoms with Crippen LogP contribution < -0.4 is 16.6 Å². The minimum Gasteiger partial charge on any atom is -0.367 e. The molecule has 1 aromatic heterocycles. The Bertz CT molecular complexity index is 372. The molecule has 1 aromatic rings. The number of nitrogens with zero attached hydrogens (tertiary/aromatic N) is 2. The van der Waals surface area contributed by atoms with E-state index in [0.29, 0.717) is 11.9 Å².